The first-order valence-corrected chi connectivity index (χ1v) is 5.59. The monoisotopic (exact) mass is 235 g/mol. The second kappa shape index (κ2) is 4.99. The maximum Gasteiger partial charge on any atom is 0.293 e. The van der Waals surface area contributed by atoms with Crippen LogP contribution in [0.5, 0.6) is 0 Å². The van der Waals surface area contributed by atoms with Gasteiger partial charge in [0.25, 0.3) is 6.47 Å². The van der Waals surface area contributed by atoms with Crippen LogP contribution in [0, 0.1) is 5.82 Å². The Bertz CT molecular complexity index is 521. The molecule has 0 aliphatic rings. The molecular weight excluding hydrogens is 221 g/mol. The molecule has 2 aromatic rings. The Morgan fingerprint density at radius 3 is 3.00 bits per heavy atom. The Morgan fingerprint density at radius 2 is 2.29 bits per heavy atom. The van der Waals surface area contributed by atoms with Gasteiger partial charge in [-0.3, -0.25) is 4.79 Å². The number of carbonyl (C=O) groups is 1. The molecule has 4 heteroatoms. The number of aromatic amines is 1. The quantitative estimate of drug-likeness (QED) is 0.810. The molecule has 1 aromatic carbocycles. The highest BCUT2D eigenvalue weighted by molar-refractivity contribution is 5.80. The molecule has 0 aliphatic carbocycles. The molecule has 1 aromatic heterocycles. The number of hydrogen-bond donors (Lipinski definition) is 1. The molecule has 1 unspecified atom stereocenters. The summed E-state index contributed by atoms with van der Waals surface area (Å²) in [7, 11) is 0. The van der Waals surface area contributed by atoms with Crippen molar-refractivity contribution in [2.24, 2.45) is 0 Å². The number of rotatable bonds is 5. The lowest BCUT2D eigenvalue weighted by Crippen LogP contribution is -2.14. The van der Waals surface area contributed by atoms with Gasteiger partial charge >= 0.3 is 0 Å². The lowest BCUT2D eigenvalue weighted by Gasteiger charge is -2.10. The number of hydrogen-bond acceptors (Lipinski definition) is 2. The van der Waals surface area contributed by atoms with Gasteiger partial charge in [-0.05, 0) is 30.7 Å². The highest BCUT2D eigenvalue weighted by Crippen LogP contribution is 2.18. The minimum absolute atomic E-state index is 0.134. The maximum atomic E-state index is 13.0. The lowest BCUT2D eigenvalue weighted by atomic mass is 10.1. The van der Waals surface area contributed by atoms with Crippen LogP contribution < -0.4 is 0 Å². The fraction of sp³-hybridized carbons (Fsp3) is 0.308. The molecule has 0 amide bonds. The van der Waals surface area contributed by atoms with Crippen LogP contribution >= 0.6 is 0 Å². The molecule has 0 bridgehead atoms. The van der Waals surface area contributed by atoms with E-state index < -0.39 is 0 Å². The SMILES string of the molecule is CCC(Cc1cc2cc(F)ccc2[nH]1)OC=O. The summed E-state index contributed by atoms with van der Waals surface area (Å²) in [6.07, 6.45) is 1.24. The average Bonchev–Trinajstić information content (AvgIpc) is 2.69. The molecule has 1 heterocycles. The first kappa shape index (κ1) is 11.6. The van der Waals surface area contributed by atoms with Crippen molar-refractivity contribution in [3.05, 3.63) is 35.8 Å². The number of fused-ring (bicyclic) bond motifs is 1. The Kier molecular flexibility index (Phi) is 3.42. The smallest absolute Gasteiger partial charge is 0.293 e. The molecule has 0 radical (unpaired) electrons. The third-order valence-electron chi connectivity index (χ3n) is 2.79. The predicted octanol–water partition coefficient (Wildman–Crippen LogP) is 2.80. The van der Waals surface area contributed by atoms with E-state index in [0.29, 0.717) is 12.9 Å². The van der Waals surface area contributed by atoms with Gasteiger partial charge in [-0.25, -0.2) is 4.39 Å². The summed E-state index contributed by atoms with van der Waals surface area (Å²) in [4.78, 5) is 13.5. The first-order valence-electron chi connectivity index (χ1n) is 5.59. The van der Waals surface area contributed by atoms with Crippen molar-refractivity contribution >= 4 is 17.4 Å². The highest BCUT2D eigenvalue weighted by atomic mass is 19.1. The highest BCUT2D eigenvalue weighted by Gasteiger charge is 2.10. The van der Waals surface area contributed by atoms with Crippen LogP contribution in [-0.2, 0) is 16.0 Å². The van der Waals surface area contributed by atoms with Crippen LogP contribution in [0.3, 0.4) is 0 Å². The van der Waals surface area contributed by atoms with E-state index in [4.69, 9.17) is 4.74 Å². The summed E-state index contributed by atoms with van der Waals surface area (Å²) in [5.41, 5.74) is 1.83. The number of aromatic nitrogens is 1. The molecular formula is C13H14FNO2. The van der Waals surface area contributed by atoms with Gasteiger partial charge in [-0.15, -0.1) is 0 Å². The van der Waals surface area contributed by atoms with Gasteiger partial charge in [0.2, 0.25) is 0 Å². The molecule has 0 saturated heterocycles. The van der Waals surface area contributed by atoms with Crippen LogP contribution in [0.25, 0.3) is 10.9 Å². The Balaban J connectivity index is 2.21. The Hall–Kier alpha value is -1.84. The molecule has 17 heavy (non-hydrogen) atoms. The van der Waals surface area contributed by atoms with Crippen LogP contribution in [0.15, 0.2) is 24.3 Å². The number of carbonyl (C=O) groups excluding carboxylic acids is 1. The topological polar surface area (TPSA) is 42.1 Å². The number of ether oxygens (including phenoxy) is 1. The summed E-state index contributed by atoms with van der Waals surface area (Å²) in [6, 6.07) is 6.49. The van der Waals surface area contributed by atoms with Gasteiger partial charge < -0.3 is 9.72 Å². The number of benzene rings is 1. The molecule has 1 N–H and O–H groups in total. The van der Waals surface area contributed by atoms with E-state index in [1.54, 1.807) is 6.07 Å². The standard InChI is InChI=1S/C13H14FNO2/c1-2-12(17-8-16)7-11-6-9-5-10(14)3-4-13(9)15-11/h3-6,8,12,15H,2,7H2,1H3. The predicted molar refractivity (Wildman–Crippen MR) is 63.2 cm³/mol. The van der Waals surface area contributed by atoms with Gasteiger partial charge in [-0.1, -0.05) is 6.92 Å². The van der Waals surface area contributed by atoms with Crippen molar-refractivity contribution in [3.8, 4) is 0 Å². The minimum Gasteiger partial charge on any atom is -0.464 e. The average molecular weight is 235 g/mol. The fourth-order valence-electron chi connectivity index (χ4n) is 1.89. The van der Waals surface area contributed by atoms with E-state index in [9.17, 15) is 9.18 Å². The van der Waals surface area contributed by atoms with Gasteiger partial charge in [-0.2, -0.15) is 0 Å². The Labute approximate surface area is 98.6 Å². The zero-order chi connectivity index (χ0) is 12.3. The van der Waals surface area contributed by atoms with Gasteiger partial charge in [0, 0.05) is 23.0 Å². The number of nitrogens with one attached hydrogen (secondary N) is 1. The zero-order valence-electron chi connectivity index (χ0n) is 9.57. The normalized spacial score (nSPS) is 12.6. The van der Waals surface area contributed by atoms with Crippen LogP contribution in [0.4, 0.5) is 4.39 Å². The van der Waals surface area contributed by atoms with Gasteiger partial charge in [0.15, 0.2) is 0 Å². The molecule has 2 rings (SSSR count). The minimum atomic E-state index is -0.251. The van der Waals surface area contributed by atoms with E-state index in [1.807, 2.05) is 13.0 Å². The van der Waals surface area contributed by atoms with Crippen molar-refractivity contribution < 1.29 is 13.9 Å². The summed E-state index contributed by atoms with van der Waals surface area (Å²) < 4.78 is 18.0. The van der Waals surface area contributed by atoms with Crippen LogP contribution in [-0.4, -0.2) is 17.6 Å². The zero-order valence-corrected chi connectivity index (χ0v) is 9.57. The van der Waals surface area contributed by atoms with Crippen LogP contribution in [0.1, 0.15) is 19.0 Å². The molecule has 0 saturated carbocycles. The number of H-pyrrole nitrogens is 1. The summed E-state index contributed by atoms with van der Waals surface area (Å²) in [6.45, 7) is 2.42. The third kappa shape index (κ3) is 2.64. The van der Waals surface area contributed by atoms with Crippen molar-refractivity contribution in [1.29, 1.82) is 0 Å². The number of halogens is 1. The van der Waals surface area contributed by atoms with E-state index in [-0.39, 0.29) is 11.9 Å². The lowest BCUT2D eigenvalue weighted by molar-refractivity contribution is -0.133. The summed E-state index contributed by atoms with van der Waals surface area (Å²) in [5.74, 6) is -0.251. The molecule has 0 fully saturated rings. The first-order chi connectivity index (χ1) is 8.22. The van der Waals surface area contributed by atoms with E-state index in [1.165, 1.54) is 12.1 Å². The molecule has 0 aliphatic heterocycles. The van der Waals surface area contributed by atoms with Crippen molar-refractivity contribution in [2.75, 3.05) is 0 Å². The van der Waals surface area contributed by atoms with Crippen LogP contribution in [0.2, 0.25) is 0 Å². The van der Waals surface area contributed by atoms with Crippen molar-refractivity contribution in [1.82, 2.24) is 4.98 Å². The fourth-order valence-corrected chi connectivity index (χ4v) is 1.89. The van der Waals surface area contributed by atoms with Gasteiger partial charge in [0.1, 0.15) is 11.9 Å². The second-order valence-electron chi connectivity index (χ2n) is 3.99. The van der Waals surface area contributed by atoms with E-state index >= 15 is 0 Å². The van der Waals surface area contributed by atoms with E-state index in [2.05, 4.69) is 4.98 Å². The van der Waals surface area contributed by atoms with Gasteiger partial charge in [0.05, 0.1) is 0 Å². The summed E-state index contributed by atoms with van der Waals surface area (Å²) >= 11 is 0. The summed E-state index contributed by atoms with van der Waals surface area (Å²) in [5, 5.41) is 0.834. The van der Waals surface area contributed by atoms with Crippen molar-refractivity contribution in [3.63, 3.8) is 0 Å². The molecule has 90 valence electrons. The largest absolute Gasteiger partial charge is 0.464 e. The molecule has 1 atom stereocenters. The second-order valence-corrected chi connectivity index (χ2v) is 3.99. The molecule has 3 nitrogen and oxygen atoms in total. The Morgan fingerprint density at radius 1 is 1.47 bits per heavy atom. The molecule has 0 spiro atoms. The maximum absolute atomic E-state index is 13.0. The third-order valence-corrected chi connectivity index (χ3v) is 2.79. The van der Waals surface area contributed by atoms with Crippen molar-refractivity contribution in [2.45, 2.75) is 25.9 Å². The van der Waals surface area contributed by atoms with E-state index in [0.717, 1.165) is 23.0 Å².